The fourth-order valence-electron chi connectivity index (χ4n) is 3.49. The van der Waals surface area contributed by atoms with Crippen molar-refractivity contribution in [2.24, 2.45) is 5.92 Å². The van der Waals surface area contributed by atoms with Crippen molar-refractivity contribution < 1.29 is 13.9 Å². The molecule has 3 nitrogen and oxygen atoms in total. The molecule has 1 amide bonds. The van der Waals surface area contributed by atoms with Gasteiger partial charge in [-0.1, -0.05) is 19.3 Å². The molecule has 1 aliphatic heterocycles. The van der Waals surface area contributed by atoms with Crippen LogP contribution < -0.4 is 0 Å². The monoisotopic (exact) mass is 283 g/mol. The number of likely N-dealkylation sites (tertiary alicyclic amines) is 1. The van der Waals surface area contributed by atoms with E-state index in [0.29, 0.717) is 31.8 Å². The number of hydrogen-bond acceptors (Lipinski definition) is 2. The van der Waals surface area contributed by atoms with Crippen LogP contribution >= 0.6 is 0 Å². The SMILES string of the molecule is O=C(N1CCCC(OCC2CCCCC2)C1)C1(F)CC1. The minimum Gasteiger partial charge on any atom is -0.376 e. The first-order chi connectivity index (χ1) is 9.67. The van der Waals surface area contributed by atoms with Gasteiger partial charge in [0, 0.05) is 19.7 Å². The van der Waals surface area contributed by atoms with Crippen LogP contribution in [0.15, 0.2) is 0 Å². The Morgan fingerprint density at radius 1 is 1.15 bits per heavy atom. The van der Waals surface area contributed by atoms with Crippen molar-refractivity contribution in [3.05, 3.63) is 0 Å². The van der Waals surface area contributed by atoms with Crippen LogP contribution in [0, 0.1) is 5.92 Å². The number of halogens is 1. The Kier molecular flexibility index (Phi) is 4.29. The Balaban J connectivity index is 1.44. The van der Waals surface area contributed by atoms with Gasteiger partial charge in [-0.15, -0.1) is 0 Å². The summed E-state index contributed by atoms with van der Waals surface area (Å²) in [6.07, 6.45) is 9.48. The van der Waals surface area contributed by atoms with Crippen molar-refractivity contribution in [3.63, 3.8) is 0 Å². The Morgan fingerprint density at radius 2 is 1.90 bits per heavy atom. The molecule has 0 spiro atoms. The number of carbonyl (C=O) groups is 1. The molecule has 0 N–H and O–H groups in total. The van der Waals surface area contributed by atoms with E-state index in [4.69, 9.17) is 4.74 Å². The minimum atomic E-state index is -1.52. The molecule has 0 aromatic rings. The number of ether oxygens (including phenoxy) is 1. The van der Waals surface area contributed by atoms with Crippen molar-refractivity contribution >= 4 is 5.91 Å². The second-order valence-electron chi connectivity index (χ2n) is 6.82. The van der Waals surface area contributed by atoms with E-state index in [0.717, 1.165) is 19.4 Å². The molecule has 3 rings (SSSR count). The number of nitrogens with zero attached hydrogens (tertiary/aromatic N) is 1. The second kappa shape index (κ2) is 6.00. The summed E-state index contributed by atoms with van der Waals surface area (Å²) in [5, 5.41) is 0. The summed E-state index contributed by atoms with van der Waals surface area (Å²) in [6.45, 7) is 2.12. The average Bonchev–Trinajstić information content (AvgIpc) is 3.25. The summed E-state index contributed by atoms with van der Waals surface area (Å²) in [5.74, 6) is 0.411. The predicted molar refractivity (Wildman–Crippen MR) is 75.2 cm³/mol. The van der Waals surface area contributed by atoms with Crippen molar-refractivity contribution in [2.75, 3.05) is 19.7 Å². The van der Waals surface area contributed by atoms with Gasteiger partial charge in [-0.25, -0.2) is 4.39 Å². The molecule has 0 aromatic carbocycles. The summed E-state index contributed by atoms with van der Waals surface area (Å²) in [7, 11) is 0. The highest BCUT2D eigenvalue weighted by Gasteiger charge is 2.53. The molecule has 2 aliphatic carbocycles. The van der Waals surface area contributed by atoms with Gasteiger partial charge in [0.1, 0.15) is 0 Å². The lowest BCUT2D eigenvalue weighted by molar-refractivity contribution is -0.142. The van der Waals surface area contributed by atoms with Gasteiger partial charge >= 0.3 is 0 Å². The molecule has 1 saturated heterocycles. The molecule has 0 aromatic heterocycles. The van der Waals surface area contributed by atoms with Gasteiger partial charge in [-0.3, -0.25) is 4.79 Å². The van der Waals surface area contributed by atoms with Gasteiger partial charge in [0.15, 0.2) is 5.67 Å². The molecule has 0 radical (unpaired) electrons. The Labute approximate surface area is 120 Å². The maximum absolute atomic E-state index is 13.8. The average molecular weight is 283 g/mol. The maximum Gasteiger partial charge on any atom is 0.260 e. The Bertz CT molecular complexity index is 350. The predicted octanol–water partition coefficient (Wildman–Crippen LogP) is 3.08. The van der Waals surface area contributed by atoms with Crippen molar-refractivity contribution in [1.82, 2.24) is 4.90 Å². The quantitative estimate of drug-likeness (QED) is 0.793. The third-order valence-electron chi connectivity index (χ3n) is 5.03. The van der Waals surface area contributed by atoms with Gasteiger partial charge in [-0.05, 0) is 44.4 Å². The summed E-state index contributed by atoms with van der Waals surface area (Å²) in [4.78, 5) is 13.7. The van der Waals surface area contributed by atoms with E-state index in [1.165, 1.54) is 32.1 Å². The van der Waals surface area contributed by atoms with Crippen molar-refractivity contribution in [2.45, 2.75) is 69.6 Å². The van der Waals surface area contributed by atoms with Crippen molar-refractivity contribution in [1.29, 1.82) is 0 Å². The van der Waals surface area contributed by atoms with E-state index in [9.17, 15) is 9.18 Å². The fourth-order valence-corrected chi connectivity index (χ4v) is 3.49. The van der Waals surface area contributed by atoms with Crippen LogP contribution in [0.2, 0.25) is 0 Å². The molecule has 1 heterocycles. The minimum absolute atomic E-state index is 0.122. The fraction of sp³-hybridized carbons (Fsp3) is 0.938. The number of hydrogen-bond donors (Lipinski definition) is 0. The van der Waals surface area contributed by atoms with Crippen LogP contribution in [0.25, 0.3) is 0 Å². The molecule has 1 atom stereocenters. The molecular formula is C16H26FNO2. The van der Waals surface area contributed by atoms with Crippen LogP contribution in [0.4, 0.5) is 4.39 Å². The molecule has 3 aliphatic rings. The summed E-state index contributed by atoms with van der Waals surface area (Å²) >= 11 is 0. The summed E-state index contributed by atoms with van der Waals surface area (Å²) in [5.41, 5.74) is -1.52. The third kappa shape index (κ3) is 3.33. The lowest BCUT2D eigenvalue weighted by atomic mass is 9.90. The first-order valence-corrected chi connectivity index (χ1v) is 8.27. The maximum atomic E-state index is 13.8. The molecular weight excluding hydrogens is 257 g/mol. The first kappa shape index (κ1) is 14.3. The topological polar surface area (TPSA) is 29.5 Å². The van der Waals surface area contributed by atoms with E-state index in [1.807, 2.05) is 0 Å². The largest absolute Gasteiger partial charge is 0.376 e. The van der Waals surface area contributed by atoms with E-state index < -0.39 is 5.67 Å². The first-order valence-electron chi connectivity index (χ1n) is 8.27. The van der Waals surface area contributed by atoms with Gasteiger partial charge in [0.25, 0.3) is 5.91 Å². The molecule has 114 valence electrons. The van der Waals surface area contributed by atoms with Gasteiger partial charge < -0.3 is 9.64 Å². The van der Waals surface area contributed by atoms with Gasteiger partial charge in [-0.2, -0.15) is 0 Å². The van der Waals surface area contributed by atoms with E-state index >= 15 is 0 Å². The lowest BCUT2D eigenvalue weighted by Gasteiger charge is -2.34. The zero-order valence-corrected chi connectivity index (χ0v) is 12.3. The molecule has 1 unspecified atom stereocenters. The zero-order chi connectivity index (χ0) is 14.0. The van der Waals surface area contributed by atoms with E-state index in [2.05, 4.69) is 0 Å². The number of carbonyl (C=O) groups excluding carboxylic acids is 1. The van der Waals surface area contributed by atoms with Crippen LogP contribution in [0.1, 0.15) is 57.8 Å². The van der Waals surface area contributed by atoms with Crippen LogP contribution in [-0.2, 0) is 9.53 Å². The molecule has 2 saturated carbocycles. The second-order valence-corrected chi connectivity index (χ2v) is 6.82. The highest BCUT2D eigenvalue weighted by Crippen LogP contribution is 2.42. The van der Waals surface area contributed by atoms with Crippen LogP contribution in [0.5, 0.6) is 0 Å². The lowest BCUT2D eigenvalue weighted by Crippen LogP contribution is -2.47. The number of rotatable bonds is 4. The van der Waals surface area contributed by atoms with Crippen LogP contribution in [-0.4, -0.2) is 42.3 Å². The number of amides is 1. The zero-order valence-electron chi connectivity index (χ0n) is 12.3. The van der Waals surface area contributed by atoms with E-state index in [-0.39, 0.29) is 12.0 Å². The number of alkyl halides is 1. The molecule has 20 heavy (non-hydrogen) atoms. The Morgan fingerprint density at radius 3 is 2.60 bits per heavy atom. The summed E-state index contributed by atoms with van der Waals surface area (Å²) in [6, 6.07) is 0. The highest BCUT2D eigenvalue weighted by molar-refractivity contribution is 5.88. The highest BCUT2D eigenvalue weighted by atomic mass is 19.1. The molecule has 0 bridgehead atoms. The van der Waals surface area contributed by atoms with E-state index in [1.54, 1.807) is 4.90 Å². The van der Waals surface area contributed by atoms with Gasteiger partial charge in [0.05, 0.1) is 6.10 Å². The standard InChI is InChI=1S/C16H26FNO2/c17-16(8-9-16)15(19)18-10-4-7-14(11-18)20-12-13-5-2-1-3-6-13/h13-14H,1-12H2. The molecule has 3 fully saturated rings. The Hall–Kier alpha value is -0.640. The smallest absolute Gasteiger partial charge is 0.260 e. The van der Waals surface area contributed by atoms with Gasteiger partial charge in [0.2, 0.25) is 0 Å². The normalized spacial score (nSPS) is 30.2. The number of piperidine rings is 1. The molecule has 4 heteroatoms. The van der Waals surface area contributed by atoms with Crippen molar-refractivity contribution in [3.8, 4) is 0 Å². The van der Waals surface area contributed by atoms with Crippen LogP contribution in [0.3, 0.4) is 0 Å². The summed E-state index contributed by atoms with van der Waals surface area (Å²) < 4.78 is 19.9. The third-order valence-corrected chi connectivity index (χ3v) is 5.03.